The molecule has 0 unspecified atom stereocenters. The fourth-order valence-corrected chi connectivity index (χ4v) is 4.49. The molecule has 2 aromatic rings. The number of nitrogens with zero attached hydrogens (tertiary/aromatic N) is 1. The largest absolute Gasteiger partial charge is 0.351 e. The minimum Gasteiger partial charge on any atom is -0.351 e. The third kappa shape index (κ3) is 4.26. The van der Waals surface area contributed by atoms with Gasteiger partial charge in [0.2, 0.25) is 0 Å². The fraction of sp³-hybridized carbons (Fsp3) is 0.278. The molecule has 0 aliphatic heterocycles. The SMILES string of the molecule is CNC(=O)C(=O)NC[C@H](c1cccnc1)S(=O)(=O)c1cc(C)ccc1C. The summed E-state index contributed by atoms with van der Waals surface area (Å²) >= 11 is 0. The molecule has 0 saturated carbocycles. The Kier molecular flexibility index (Phi) is 6.10. The zero-order chi connectivity index (χ0) is 19.3. The van der Waals surface area contributed by atoms with E-state index in [9.17, 15) is 18.0 Å². The molecule has 1 aromatic heterocycles. The van der Waals surface area contributed by atoms with Crippen molar-refractivity contribution in [3.05, 3.63) is 59.4 Å². The van der Waals surface area contributed by atoms with E-state index in [1.54, 1.807) is 31.2 Å². The van der Waals surface area contributed by atoms with Gasteiger partial charge in [-0.3, -0.25) is 14.6 Å². The Balaban J connectivity index is 2.45. The molecule has 0 spiro atoms. The second-order valence-corrected chi connectivity index (χ2v) is 7.98. The minimum atomic E-state index is -3.82. The summed E-state index contributed by atoms with van der Waals surface area (Å²) in [5.74, 6) is -1.73. The molecule has 1 aromatic carbocycles. The maximum absolute atomic E-state index is 13.3. The number of benzene rings is 1. The van der Waals surface area contributed by atoms with Gasteiger partial charge in [-0.1, -0.05) is 18.2 Å². The fourth-order valence-electron chi connectivity index (χ4n) is 2.52. The lowest BCUT2D eigenvalue weighted by Crippen LogP contribution is -2.41. The minimum absolute atomic E-state index is 0.195. The molecule has 1 heterocycles. The Labute approximate surface area is 152 Å². The van der Waals surface area contributed by atoms with Gasteiger partial charge in [0, 0.05) is 26.0 Å². The lowest BCUT2D eigenvalue weighted by Gasteiger charge is -2.20. The first-order valence-electron chi connectivity index (χ1n) is 7.98. The zero-order valence-electron chi connectivity index (χ0n) is 14.8. The van der Waals surface area contributed by atoms with Crippen molar-refractivity contribution in [2.45, 2.75) is 24.0 Å². The lowest BCUT2D eigenvalue weighted by atomic mass is 10.2. The summed E-state index contributed by atoms with van der Waals surface area (Å²) in [6.07, 6.45) is 2.98. The van der Waals surface area contributed by atoms with E-state index in [2.05, 4.69) is 15.6 Å². The van der Waals surface area contributed by atoms with Crippen LogP contribution in [0.4, 0.5) is 0 Å². The summed E-state index contributed by atoms with van der Waals surface area (Å²) < 4.78 is 26.6. The highest BCUT2D eigenvalue weighted by Crippen LogP contribution is 2.30. The van der Waals surface area contributed by atoms with Crippen LogP contribution in [0.25, 0.3) is 0 Å². The van der Waals surface area contributed by atoms with Gasteiger partial charge in [-0.05, 0) is 42.7 Å². The number of hydrogen-bond donors (Lipinski definition) is 2. The summed E-state index contributed by atoms with van der Waals surface area (Å²) in [7, 11) is -2.50. The number of nitrogens with one attached hydrogen (secondary N) is 2. The predicted molar refractivity (Wildman–Crippen MR) is 97.2 cm³/mol. The molecular formula is C18H21N3O4S. The number of carbonyl (C=O) groups is 2. The Morgan fingerprint density at radius 2 is 1.88 bits per heavy atom. The number of aryl methyl sites for hydroxylation is 2. The predicted octanol–water partition coefficient (Wildman–Crippen LogP) is 1.08. The molecule has 7 nitrogen and oxygen atoms in total. The first-order chi connectivity index (χ1) is 12.3. The van der Waals surface area contributed by atoms with E-state index >= 15 is 0 Å². The third-order valence-electron chi connectivity index (χ3n) is 3.96. The van der Waals surface area contributed by atoms with Gasteiger partial charge in [-0.2, -0.15) is 0 Å². The monoisotopic (exact) mass is 375 g/mol. The van der Waals surface area contributed by atoms with Crippen molar-refractivity contribution in [3.63, 3.8) is 0 Å². The molecule has 0 fully saturated rings. The highest BCUT2D eigenvalue weighted by atomic mass is 32.2. The number of carbonyl (C=O) groups excluding carboxylic acids is 2. The first kappa shape index (κ1) is 19.6. The standard InChI is InChI=1S/C18H21N3O4S/c1-12-6-7-13(2)15(9-12)26(24,25)16(14-5-4-8-20-10-14)11-21-18(23)17(22)19-3/h4-10,16H,11H2,1-3H3,(H,19,22)(H,21,23)/t16-/m1/s1. The van der Waals surface area contributed by atoms with Crippen molar-refractivity contribution in [2.75, 3.05) is 13.6 Å². The molecule has 0 radical (unpaired) electrons. The summed E-state index contributed by atoms with van der Waals surface area (Å²) in [4.78, 5) is 27.3. The molecular weight excluding hydrogens is 354 g/mol. The molecule has 8 heteroatoms. The maximum atomic E-state index is 13.3. The topological polar surface area (TPSA) is 105 Å². The molecule has 0 bridgehead atoms. The molecule has 1 atom stereocenters. The highest BCUT2D eigenvalue weighted by molar-refractivity contribution is 7.91. The number of rotatable bonds is 5. The second-order valence-electron chi connectivity index (χ2n) is 5.88. The van der Waals surface area contributed by atoms with E-state index in [1.807, 2.05) is 13.0 Å². The van der Waals surface area contributed by atoms with Gasteiger partial charge in [-0.15, -0.1) is 0 Å². The van der Waals surface area contributed by atoms with Gasteiger partial charge in [0.25, 0.3) is 0 Å². The number of pyridine rings is 1. The molecule has 0 aliphatic rings. The van der Waals surface area contributed by atoms with E-state index in [0.29, 0.717) is 11.1 Å². The van der Waals surface area contributed by atoms with Crippen LogP contribution in [-0.4, -0.2) is 38.8 Å². The third-order valence-corrected chi connectivity index (χ3v) is 6.20. The Morgan fingerprint density at radius 3 is 2.50 bits per heavy atom. The van der Waals surface area contributed by atoms with Crippen LogP contribution in [0.2, 0.25) is 0 Å². The van der Waals surface area contributed by atoms with Crippen molar-refractivity contribution in [1.82, 2.24) is 15.6 Å². The van der Waals surface area contributed by atoms with Crippen LogP contribution in [0.1, 0.15) is 21.9 Å². The van der Waals surface area contributed by atoms with E-state index in [0.717, 1.165) is 5.56 Å². The number of hydrogen-bond acceptors (Lipinski definition) is 5. The number of sulfone groups is 1. The van der Waals surface area contributed by atoms with Crippen LogP contribution >= 0.6 is 0 Å². The molecule has 138 valence electrons. The normalized spacial score (nSPS) is 12.3. The maximum Gasteiger partial charge on any atom is 0.309 e. The van der Waals surface area contributed by atoms with E-state index in [-0.39, 0.29) is 11.4 Å². The van der Waals surface area contributed by atoms with E-state index in [1.165, 1.54) is 19.4 Å². The molecule has 0 saturated heterocycles. The highest BCUT2D eigenvalue weighted by Gasteiger charge is 2.31. The smallest absolute Gasteiger partial charge is 0.309 e. The average Bonchev–Trinajstić information content (AvgIpc) is 2.63. The van der Waals surface area contributed by atoms with Crippen molar-refractivity contribution in [1.29, 1.82) is 0 Å². The van der Waals surface area contributed by atoms with Gasteiger partial charge < -0.3 is 10.6 Å². The van der Waals surface area contributed by atoms with Gasteiger partial charge in [0.15, 0.2) is 9.84 Å². The molecule has 2 N–H and O–H groups in total. The quantitative estimate of drug-likeness (QED) is 0.761. The van der Waals surface area contributed by atoms with E-state index < -0.39 is 26.9 Å². The molecule has 0 aliphatic carbocycles. The summed E-state index contributed by atoms with van der Waals surface area (Å²) in [6, 6.07) is 8.44. The van der Waals surface area contributed by atoms with E-state index in [4.69, 9.17) is 0 Å². The number of likely N-dealkylation sites (N-methyl/N-ethyl adjacent to an activating group) is 1. The summed E-state index contributed by atoms with van der Waals surface area (Å²) in [5.41, 5.74) is 1.86. The van der Waals surface area contributed by atoms with Gasteiger partial charge >= 0.3 is 11.8 Å². The summed E-state index contributed by atoms with van der Waals surface area (Å²) in [5, 5.41) is 3.52. The van der Waals surface area contributed by atoms with Crippen LogP contribution in [-0.2, 0) is 19.4 Å². The number of amides is 2. The van der Waals surface area contributed by atoms with Gasteiger partial charge in [-0.25, -0.2) is 8.42 Å². The van der Waals surface area contributed by atoms with Gasteiger partial charge in [0.05, 0.1) is 4.90 Å². The second kappa shape index (κ2) is 8.09. The Morgan fingerprint density at radius 1 is 1.15 bits per heavy atom. The van der Waals surface area contributed by atoms with Crippen LogP contribution < -0.4 is 10.6 Å². The van der Waals surface area contributed by atoms with Crippen LogP contribution in [0.15, 0.2) is 47.6 Å². The lowest BCUT2D eigenvalue weighted by molar-refractivity contribution is -0.138. The Bertz CT molecular complexity index is 911. The summed E-state index contributed by atoms with van der Waals surface area (Å²) in [6.45, 7) is 3.29. The van der Waals surface area contributed by atoms with Crippen LogP contribution in [0.5, 0.6) is 0 Å². The van der Waals surface area contributed by atoms with Crippen molar-refractivity contribution in [2.24, 2.45) is 0 Å². The molecule has 2 amide bonds. The average molecular weight is 375 g/mol. The van der Waals surface area contributed by atoms with Crippen molar-refractivity contribution >= 4 is 21.7 Å². The number of aromatic nitrogens is 1. The first-order valence-corrected chi connectivity index (χ1v) is 9.53. The molecule has 2 rings (SSSR count). The van der Waals surface area contributed by atoms with Crippen molar-refractivity contribution in [3.8, 4) is 0 Å². The van der Waals surface area contributed by atoms with Crippen LogP contribution in [0.3, 0.4) is 0 Å². The van der Waals surface area contributed by atoms with Gasteiger partial charge in [0.1, 0.15) is 5.25 Å². The molecule has 26 heavy (non-hydrogen) atoms. The van der Waals surface area contributed by atoms with Crippen molar-refractivity contribution < 1.29 is 18.0 Å². The van der Waals surface area contributed by atoms with Crippen LogP contribution in [0, 0.1) is 13.8 Å². The zero-order valence-corrected chi connectivity index (χ0v) is 15.6. The Hall–Kier alpha value is -2.74.